The average Bonchev–Trinajstić information content (AvgIpc) is 3.50. The molecule has 2 fully saturated rings. The highest BCUT2D eigenvalue weighted by atomic mass is 19.1. The van der Waals surface area contributed by atoms with Gasteiger partial charge in [-0.1, -0.05) is 25.8 Å². The van der Waals surface area contributed by atoms with Gasteiger partial charge in [0, 0.05) is 6.04 Å². The van der Waals surface area contributed by atoms with Crippen molar-refractivity contribution in [3.8, 4) is 5.69 Å². The number of nitrogens with one attached hydrogen (secondary N) is 1. The second-order valence-corrected chi connectivity index (χ2v) is 10.8. The monoisotopic (exact) mass is 464 g/mol. The van der Waals surface area contributed by atoms with Crippen molar-refractivity contribution in [2.75, 3.05) is 13.6 Å². The van der Waals surface area contributed by atoms with Crippen LogP contribution in [0, 0.1) is 17.2 Å². The maximum absolute atomic E-state index is 13.4. The molecule has 0 bridgehead atoms. The number of nitrogens with zero attached hydrogens (tertiary/aromatic N) is 3. The molecule has 4 atom stereocenters. The molecule has 3 aliphatic rings. The van der Waals surface area contributed by atoms with Crippen molar-refractivity contribution < 1.29 is 9.18 Å². The maximum Gasteiger partial charge on any atom is 0.237 e. The van der Waals surface area contributed by atoms with Crippen LogP contribution in [0.1, 0.15) is 70.1 Å². The number of carbonyl (C=O) groups is 1. The fourth-order valence-electron chi connectivity index (χ4n) is 6.58. The van der Waals surface area contributed by atoms with E-state index in [-0.39, 0.29) is 29.2 Å². The highest BCUT2D eigenvalue weighted by molar-refractivity contribution is 5.82. The van der Waals surface area contributed by atoms with Gasteiger partial charge in [0.1, 0.15) is 5.82 Å². The first kappa shape index (κ1) is 23.3. The summed E-state index contributed by atoms with van der Waals surface area (Å²) in [6.07, 6.45) is 12.7. The second kappa shape index (κ2) is 9.29. The Morgan fingerprint density at radius 2 is 2.09 bits per heavy atom. The molecule has 1 aromatic carbocycles. The van der Waals surface area contributed by atoms with Crippen LogP contribution in [0.25, 0.3) is 11.8 Å². The number of benzene rings is 1. The van der Waals surface area contributed by atoms with E-state index in [0.717, 1.165) is 69.3 Å². The fourth-order valence-corrected chi connectivity index (χ4v) is 6.58. The molecule has 34 heavy (non-hydrogen) atoms. The molecule has 182 valence electrons. The summed E-state index contributed by atoms with van der Waals surface area (Å²) >= 11 is 0. The molecular formula is C28H37FN4O. The highest BCUT2D eigenvalue weighted by Gasteiger charge is 2.46. The zero-order valence-electron chi connectivity index (χ0n) is 20.7. The number of allylic oxidation sites excluding steroid dienone is 1. The molecular weight excluding hydrogens is 427 g/mol. The highest BCUT2D eigenvalue weighted by Crippen LogP contribution is 2.54. The number of hydrogen-bond donors (Lipinski definition) is 1. The van der Waals surface area contributed by atoms with Gasteiger partial charge in [0.2, 0.25) is 5.91 Å². The molecule has 1 saturated carbocycles. The minimum Gasteiger partial charge on any atom is -0.352 e. The molecule has 0 radical (unpaired) electrons. The second-order valence-electron chi connectivity index (χ2n) is 10.8. The molecule has 6 heteroatoms. The van der Waals surface area contributed by atoms with E-state index in [9.17, 15) is 9.18 Å². The van der Waals surface area contributed by atoms with E-state index in [2.05, 4.69) is 42.3 Å². The van der Waals surface area contributed by atoms with Crippen molar-refractivity contribution in [3.63, 3.8) is 0 Å². The van der Waals surface area contributed by atoms with Crippen LogP contribution in [-0.4, -0.2) is 46.3 Å². The molecule has 2 aromatic rings. The van der Waals surface area contributed by atoms with Gasteiger partial charge in [-0.2, -0.15) is 5.10 Å². The Bertz CT molecular complexity index is 1070. The van der Waals surface area contributed by atoms with E-state index in [1.54, 1.807) is 12.1 Å². The number of amides is 1. The Morgan fingerprint density at radius 3 is 2.79 bits per heavy atom. The smallest absolute Gasteiger partial charge is 0.237 e. The van der Waals surface area contributed by atoms with Gasteiger partial charge in [-0.3, -0.25) is 9.69 Å². The molecule has 1 aliphatic heterocycles. The van der Waals surface area contributed by atoms with Gasteiger partial charge in [-0.05, 0) is 106 Å². The Balaban J connectivity index is 1.33. The summed E-state index contributed by atoms with van der Waals surface area (Å²) in [6.45, 7) is 5.63. The van der Waals surface area contributed by atoms with Crippen molar-refractivity contribution in [1.29, 1.82) is 0 Å². The largest absolute Gasteiger partial charge is 0.352 e. The van der Waals surface area contributed by atoms with Gasteiger partial charge in [0.25, 0.3) is 0 Å². The lowest BCUT2D eigenvalue weighted by Gasteiger charge is -2.38. The van der Waals surface area contributed by atoms with Crippen LogP contribution in [0.4, 0.5) is 4.39 Å². The first-order chi connectivity index (χ1) is 16.4. The van der Waals surface area contributed by atoms with Crippen LogP contribution in [0.5, 0.6) is 0 Å². The van der Waals surface area contributed by atoms with Gasteiger partial charge >= 0.3 is 0 Å². The first-order valence-electron chi connectivity index (χ1n) is 12.9. The van der Waals surface area contributed by atoms with Crippen LogP contribution in [0.2, 0.25) is 0 Å². The lowest BCUT2D eigenvalue weighted by molar-refractivity contribution is -0.126. The number of hydrogen-bond acceptors (Lipinski definition) is 3. The Morgan fingerprint density at radius 1 is 1.29 bits per heavy atom. The third-order valence-corrected chi connectivity index (χ3v) is 8.60. The number of aromatic nitrogens is 2. The molecule has 1 amide bonds. The summed E-state index contributed by atoms with van der Waals surface area (Å²) in [5, 5.41) is 8.08. The predicted molar refractivity (Wildman–Crippen MR) is 133 cm³/mol. The fraction of sp³-hybridized carbons (Fsp3) is 0.571. The Labute approximate surface area is 202 Å². The Hall–Kier alpha value is -2.47. The summed E-state index contributed by atoms with van der Waals surface area (Å²) in [5.74, 6) is 0.519. The molecule has 1 N–H and O–H groups in total. The molecule has 2 aliphatic carbocycles. The minimum atomic E-state index is -0.234. The topological polar surface area (TPSA) is 50.2 Å². The zero-order valence-corrected chi connectivity index (χ0v) is 20.7. The number of likely N-dealkylation sites (tertiary alicyclic amines) is 1. The quantitative estimate of drug-likeness (QED) is 0.618. The predicted octanol–water partition coefficient (Wildman–Crippen LogP) is 5.14. The number of carbonyl (C=O) groups excluding carboxylic acids is 1. The van der Waals surface area contributed by atoms with Crippen LogP contribution in [0.15, 0.2) is 36.0 Å². The third-order valence-electron chi connectivity index (χ3n) is 8.60. The number of rotatable bonds is 7. The van der Waals surface area contributed by atoms with Crippen molar-refractivity contribution >= 4 is 12.0 Å². The van der Waals surface area contributed by atoms with E-state index in [4.69, 9.17) is 0 Å². The summed E-state index contributed by atoms with van der Waals surface area (Å²) in [4.78, 5) is 15.2. The van der Waals surface area contributed by atoms with Crippen molar-refractivity contribution in [1.82, 2.24) is 20.0 Å². The Kier molecular flexibility index (Phi) is 6.36. The third kappa shape index (κ3) is 4.21. The maximum atomic E-state index is 13.4. The zero-order chi connectivity index (χ0) is 23.9. The SMILES string of the molecule is CCCC(C[C@H]1CCC2=Cc3c(cnn3-c3ccc(F)cc3)C[C@@]21C)NC(=O)[C@@H]1CCCN1C. The van der Waals surface area contributed by atoms with Gasteiger partial charge in [-0.25, -0.2) is 9.07 Å². The molecule has 1 aromatic heterocycles. The molecule has 0 spiro atoms. The van der Waals surface area contributed by atoms with Gasteiger partial charge in [-0.15, -0.1) is 0 Å². The number of likely N-dealkylation sites (N-methyl/N-ethyl adjacent to an activating group) is 1. The van der Waals surface area contributed by atoms with Gasteiger partial charge < -0.3 is 5.32 Å². The van der Waals surface area contributed by atoms with Crippen LogP contribution in [-0.2, 0) is 11.2 Å². The van der Waals surface area contributed by atoms with Crippen molar-refractivity contribution in [2.45, 2.75) is 77.3 Å². The summed E-state index contributed by atoms with van der Waals surface area (Å²) in [5.41, 5.74) is 4.87. The molecule has 1 saturated heterocycles. The van der Waals surface area contributed by atoms with E-state index in [1.807, 2.05) is 10.9 Å². The molecule has 5 rings (SSSR count). The molecule has 1 unspecified atom stereocenters. The van der Waals surface area contributed by atoms with Gasteiger partial charge in [0.05, 0.1) is 23.6 Å². The lowest BCUT2D eigenvalue weighted by Crippen LogP contribution is -2.47. The van der Waals surface area contributed by atoms with Crippen LogP contribution in [0.3, 0.4) is 0 Å². The normalized spacial score (nSPS) is 27.2. The van der Waals surface area contributed by atoms with Crippen molar-refractivity contribution in [2.24, 2.45) is 11.3 Å². The average molecular weight is 465 g/mol. The first-order valence-corrected chi connectivity index (χ1v) is 12.9. The van der Waals surface area contributed by atoms with E-state index in [1.165, 1.54) is 23.3 Å². The van der Waals surface area contributed by atoms with Crippen LogP contribution >= 0.6 is 0 Å². The molecule has 2 heterocycles. The summed E-state index contributed by atoms with van der Waals surface area (Å²) < 4.78 is 15.3. The number of fused-ring (bicyclic) bond motifs is 2. The number of halogens is 1. The van der Waals surface area contributed by atoms with E-state index >= 15 is 0 Å². The molecule has 5 nitrogen and oxygen atoms in total. The van der Waals surface area contributed by atoms with Gasteiger partial charge in [0.15, 0.2) is 0 Å². The standard InChI is InChI=1S/C28H37FN4O/c1-4-6-23(31-27(34)25-7-5-14-32(25)3)15-20-8-9-21-16-26-19(17-28(20,21)2)18-30-33(26)24-12-10-22(29)11-13-24/h10-13,16,18,20,23,25H,4-9,14-15,17H2,1-3H3,(H,31,34)/t20-,23?,25+,28-/m1/s1. The van der Waals surface area contributed by atoms with E-state index < -0.39 is 0 Å². The van der Waals surface area contributed by atoms with E-state index in [0.29, 0.717) is 5.92 Å². The lowest BCUT2D eigenvalue weighted by atomic mass is 9.68. The minimum absolute atomic E-state index is 0.0310. The van der Waals surface area contributed by atoms with Crippen molar-refractivity contribution in [3.05, 3.63) is 53.1 Å². The van der Waals surface area contributed by atoms with Crippen LogP contribution < -0.4 is 5.32 Å². The summed E-state index contributed by atoms with van der Waals surface area (Å²) in [7, 11) is 2.06. The summed E-state index contributed by atoms with van der Waals surface area (Å²) in [6, 6.07) is 6.80.